The summed E-state index contributed by atoms with van der Waals surface area (Å²) in [5.74, 6) is 0.291. The number of fused-ring (bicyclic) bond motifs is 1. The molecule has 4 rings (SSSR count). The van der Waals surface area contributed by atoms with Gasteiger partial charge in [-0.3, -0.25) is 14.5 Å². The van der Waals surface area contributed by atoms with Gasteiger partial charge >= 0.3 is 0 Å². The molecule has 0 saturated heterocycles. The van der Waals surface area contributed by atoms with E-state index >= 15 is 0 Å². The first-order valence-corrected chi connectivity index (χ1v) is 11.8. The highest BCUT2D eigenvalue weighted by molar-refractivity contribution is 7.09. The molecule has 0 aliphatic carbocycles. The van der Waals surface area contributed by atoms with Crippen molar-refractivity contribution in [2.24, 2.45) is 0 Å². The first kappa shape index (κ1) is 24.0. The normalized spacial score (nSPS) is 12.8. The number of ether oxygens (including phenoxy) is 3. The van der Waals surface area contributed by atoms with Crippen LogP contribution in [-0.4, -0.2) is 50.8 Å². The summed E-state index contributed by atoms with van der Waals surface area (Å²) in [6, 6.07) is 8.88. The summed E-state index contributed by atoms with van der Waals surface area (Å²) < 4.78 is 16.0. The average molecular weight is 502 g/mol. The largest absolute Gasteiger partial charge is 0.495 e. The van der Waals surface area contributed by atoms with Crippen molar-refractivity contribution in [1.29, 1.82) is 0 Å². The summed E-state index contributed by atoms with van der Waals surface area (Å²) in [5.41, 5.74) is 3.42. The number of aromatic nitrogens is 1. The van der Waals surface area contributed by atoms with Crippen LogP contribution < -0.4 is 19.7 Å². The summed E-state index contributed by atoms with van der Waals surface area (Å²) in [7, 11) is 3.16. The quantitative estimate of drug-likeness (QED) is 0.494. The van der Waals surface area contributed by atoms with E-state index in [4.69, 9.17) is 25.8 Å². The van der Waals surface area contributed by atoms with Gasteiger partial charge < -0.3 is 19.5 Å². The molecule has 0 fully saturated rings. The number of thiazole rings is 1. The summed E-state index contributed by atoms with van der Waals surface area (Å²) in [6.45, 7) is 2.11. The van der Waals surface area contributed by atoms with Crippen LogP contribution in [0.25, 0.3) is 11.3 Å². The Morgan fingerprint density at radius 3 is 2.88 bits per heavy atom. The standard InChI is InChI=1S/C24H24ClN3O5S/c1-14-8-17(21(32-3)10-16(14)25)26-22(29)11-28-19-9-15(4-5-20(19)33-12-24(28)30)18-13-34-23(27-18)6-7-31-2/h4-5,8-10,13H,6-7,11-12H2,1-3H3,(H,26,29). The molecular weight excluding hydrogens is 478 g/mol. The van der Waals surface area contributed by atoms with Crippen LogP contribution in [0.1, 0.15) is 10.6 Å². The molecule has 1 aliphatic rings. The van der Waals surface area contributed by atoms with Crippen molar-refractivity contribution in [3.8, 4) is 22.8 Å². The minimum atomic E-state index is -0.373. The van der Waals surface area contributed by atoms with Crippen molar-refractivity contribution in [1.82, 2.24) is 4.98 Å². The highest BCUT2D eigenvalue weighted by Gasteiger charge is 2.28. The first-order chi connectivity index (χ1) is 16.4. The van der Waals surface area contributed by atoms with Gasteiger partial charge in [0.05, 0.1) is 35.8 Å². The number of hydrogen-bond donors (Lipinski definition) is 1. The van der Waals surface area contributed by atoms with E-state index in [1.165, 1.54) is 12.0 Å². The number of nitrogens with zero attached hydrogens (tertiary/aromatic N) is 2. The molecule has 0 radical (unpaired) electrons. The number of halogens is 1. The van der Waals surface area contributed by atoms with E-state index < -0.39 is 0 Å². The third-order valence-corrected chi connectivity index (χ3v) is 6.64. The molecule has 1 N–H and O–H groups in total. The predicted molar refractivity (Wildman–Crippen MR) is 132 cm³/mol. The second kappa shape index (κ2) is 10.4. The van der Waals surface area contributed by atoms with E-state index in [0.29, 0.717) is 34.5 Å². The number of hydrogen-bond acceptors (Lipinski definition) is 7. The van der Waals surface area contributed by atoms with Crippen molar-refractivity contribution in [2.45, 2.75) is 13.3 Å². The Morgan fingerprint density at radius 1 is 1.29 bits per heavy atom. The number of amides is 2. The van der Waals surface area contributed by atoms with Gasteiger partial charge in [0.25, 0.3) is 5.91 Å². The summed E-state index contributed by atoms with van der Waals surface area (Å²) in [4.78, 5) is 31.7. The van der Waals surface area contributed by atoms with Gasteiger partial charge in [0.1, 0.15) is 18.0 Å². The zero-order valence-corrected chi connectivity index (χ0v) is 20.6. The van der Waals surface area contributed by atoms with E-state index in [2.05, 4.69) is 10.3 Å². The van der Waals surface area contributed by atoms with Crippen LogP contribution in [0.5, 0.6) is 11.5 Å². The fourth-order valence-electron chi connectivity index (χ4n) is 3.55. The Bertz CT molecular complexity index is 1230. The van der Waals surface area contributed by atoms with Gasteiger partial charge in [-0.1, -0.05) is 11.6 Å². The lowest BCUT2D eigenvalue weighted by molar-refractivity contribution is -0.123. The second-order valence-electron chi connectivity index (χ2n) is 7.67. The lowest BCUT2D eigenvalue weighted by atomic mass is 10.1. The third kappa shape index (κ3) is 5.16. The monoisotopic (exact) mass is 501 g/mol. The molecule has 0 atom stereocenters. The van der Waals surface area contributed by atoms with Crippen molar-refractivity contribution < 1.29 is 23.8 Å². The fraction of sp³-hybridized carbons (Fsp3) is 0.292. The van der Waals surface area contributed by atoms with Crippen LogP contribution in [0.2, 0.25) is 5.02 Å². The molecule has 0 unspecified atom stereocenters. The van der Waals surface area contributed by atoms with E-state index in [-0.39, 0.29) is 25.0 Å². The topological polar surface area (TPSA) is 90.0 Å². The van der Waals surface area contributed by atoms with Gasteiger partial charge in [0.2, 0.25) is 5.91 Å². The molecule has 1 aliphatic heterocycles. The number of methoxy groups -OCH3 is 2. The van der Waals surface area contributed by atoms with E-state index in [9.17, 15) is 9.59 Å². The minimum Gasteiger partial charge on any atom is -0.495 e. The van der Waals surface area contributed by atoms with Gasteiger partial charge in [-0.05, 0) is 36.8 Å². The molecule has 178 valence electrons. The van der Waals surface area contributed by atoms with Gasteiger partial charge in [0.15, 0.2) is 6.61 Å². The van der Waals surface area contributed by atoms with E-state index in [1.54, 1.807) is 36.6 Å². The molecule has 8 nitrogen and oxygen atoms in total. The molecule has 0 bridgehead atoms. The smallest absolute Gasteiger partial charge is 0.265 e. The number of rotatable bonds is 8. The molecule has 3 aromatic rings. The number of benzene rings is 2. The SMILES string of the molecule is COCCc1nc(-c2ccc3c(c2)N(CC(=O)Nc2cc(C)c(Cl)cc2OC)C(=O)CO3)cs1. The number of carbonyl (C=O) groups is 2. The molecular formula is C24H24ClN3O5S. The van der Waals surface area contributed by atoms with Crippen LogP contribution in [0.15, 0.2) is 35.7 Å². The number of carbonyl (C=O) groups excluding carboxylic acids is 2. The van der Waals surface area contributed by atoms with Crippen molar-refractivity contribution in [3.63, 3.8) is 0 Å². The van der Waals surface area contributed by atoms with Crippen LogP contribution >= 0.6 is 22.9 Å². The number of aryl methyl sites for hydroxylation is 1. The van der Waals surface area contributed by atoms with Gasteiger partial charge in [-0.2, -0.15) is 0 Å². The van der Waals surface area contributed by atoms with Crippen LogP contribution in [0.3, 0.4) is 0 Å². The Balaban J connectivity index is 1.56. The molecule has 0 saturated carbocycles. The van der Waals surface area contributed by atoms with Crippen LogP contribution in [-0.2, 0) is 20.7 Å². The first-order valence-electron chi connectivity index (χ1n) is 10.5. The Kier molecular flexibility index (Phi) is 7.35. The fourth-order valence-corrected chi connectivity index (χ4v) is 4.49. The Hall–Kier alpha value is -3.14. The van der Waals surface area contributed by atoms with E-state index in [0.717, 1.165) is 28.2 Å². The maximum atomic E-state index is 12.9. The van der Waals surface area contributed by atoms with Gasteiger partial charge in [-0.15, -0.1) is 11.3 Å². The molecule has 34 heavy (non-hydrogen) atoms. The zero-order chi connectivity index (χ0) is 24.2. The summed E-state index contributed by atoms with van der Waals surface area (Å²) in [6.07, 6.45) is 0.730. The number of anilines is 2. The Morgan fingerprint density at radius 2 is 2.12 bits per heavy atom. The second-order valence-corrected chi connectivity index (χ2v) is 9.02. The minimum absolute atomic E-state index is 0.138. The third-order valence-electron chi connectivity index (χ3n) is 5.33. The molecule has 2 aromatic carbocycles. The summed E-state index contributed by atoms with van der Waals surface area (Å²) >= 11 is 7.71. The number of nitrogens with one attached hydrogen (secondary N) is 1. The average Bonchev–Trinajstić information content (AvgIpc) is 3.30. The highest BCUT2D eigenvalue weighted by Crippen LogP contribution is 2.37. The molecule has 0 spiro atoms. The molecule has 1 aromatic heterocycles. The highest BCUT2D eigenvalue weighted by atomic mass is 35.5. The lowest BCUT2D eigenvalue weighted by Crippen LogP contribution is -2.43. The van der Waals surface area contributed by atoms with Gasteiger partial charge in [0, 0.05) is 35.6 Å². The van der Waals surface area contributed by atoms with Gasteiger partial charge in [-0.25, -0.2) is 4.98 Å². The molecule has 2 amide bonds. The molecule has 10 heteroatoms. The predicted octanol–water partition coefficient (Wildman–Crippen LogP) is 4.33. The van der Waals surface area contributed by atoms with Crippen LogP contribution in [0.4, 0.5) is 11.4 Å². The Labute approximate surface area is 206 Å². The molecule has 2 heterocycles. The van der Waals surface area contributed by atoms with Crippen LogP contribution in [0, 0.1) is 6.92 Å². The van der Waals surface area contributed by atoms with Crippen molar-refractivity contribution >= 4 is 46.1 Å². The van der Waals surface area contributed by atoms with E-state index in [1.807, 2.05) is 24.4 Å². The summed E-state index contributed by atoms with van der Waals surface area (Å²) in [5, 5.41) is 6.28. The maximum absolute atomic E-state index is 12.9. The maximum Gasteiger partial charge on any atom is 0.265 e. The zero-order valence-electron chi connectivity index (χ0n) is 19.0. The lowest BCUT2D eigenvalue weighted by Gasteiger charge is -2.29. The van der Waals surface area contributed by atoms with Crippen molar-refractivity contribution in [3.05, 3.63) is 51.3 Å². The van der Waals surface area contributed by atoms with Crippen molar-refractivity contribution in [2.75, 3.05) is 44.2 Å².